The summed E-state index contributed by atoms with van der Waals surface area (Å²) in [6.45, 7) is 2.46. The summed E-state index contributed by atoms with van der Waals surface area (Å²) in [7, 11) is 1.34. The van der Waals surface area contributed by atoms with E-state index in [0.717, 1.165) is 22.6 Å². The number of hydrogen-bond donors (Lipinski definition) is 1. The molecule has 1 amide bonds. The SMILES string of the molecule is COC(=O)c1ccc(-c2cccc3c2OC(CNC(=O)Cn2ccc(C)n2)C3)nc1. The van der Waals surface area contributed by atoms with E-state index in [1.54, 1.807) is 23.0 Å². The van der Waals surface area contributed by atoms with Crippen LogP contribution in [-0.2, 0) is 22.5 Å². The van der Waals surface area contributed by atoms with Crippen LogP contribution >= 0.6 is 0 Å². The second-order valence-corrected chi connectivity index (χ2v) is 7.12. The molecule has 1 aliphatic rings. The molecule has 8 heteroatoms. The Kier molecular flexibility index (Phi) is 5.47. The quantitative estimate of drug-likeness (QED) is 0.631. The molecule has 4 rings (SSSR count). The van der Waals surface area contributed by atoms with Crippen LogP contribution in [0, 0.1) is 6.92 Å². The summed E-state index contributed by atoms with van der Waals surface area (Å²) in [6.07, 6.45) is 3.81. The maximum atomic E-state index is 12.2. The molecule has 1 N–H and O–H groups in total. The normalized spacial score (nSPS) is 14.7. The molecule has 0 fully saturated rings. The van der Waals surface area contributed by atoms with Gasteiger partial charge in [0.2, 0.25) is 5.91 Å². The number of pyridine rings is 1. The first-order valence-corrected chi connectivity index (χ1v) is 9.63. The average molecular weight is 406 g/mol. The molecule has 0 radical (unpaired) electrons. The molecular weight excluding hydrogens is 384 g/mol. The van der Waals surface area contributed by atoms with Crippen molar-refractivity contribution in [2.75, 3.05) is 13.7 Å². The number of fused-ring (bicyclic) bond motifs is 1. The Morgan fingerprint density at radius 2 is 2.13 bits per heavy atom. The van der Waals surface area contributed by atoms with Crippen molar-refractivity contribution in [3.8, 4) is 17.0 Å². The first-order chi connectivity index (χ1) is 14.5. The number of rotatable bonds is 6. The van der Waals surface area contributed by atoms with Gasteiger partial charge >= 0.3 is 5.97 Å². The number of aryl methyl sites for hydroxylation is 1. The van der Waals surface area contributed by atoms with Crippen LogP contribution in [0.5, 0.6) is 5.75 Å². The second-order valence-electron chi connectivity index (χ2n) is 7.12. The highest BCUT2D eigenvalue weighted by atomic mass is 16.5. The molecule has 1 unspecified atom stereocenters. The van der Waals surface area contributed by atoms with Gasteiger partial charge in [0, 0.05) is 24.4 Å². The Bertz CT molecular complexity index is 1070. The highest BCUT2D eigenvalue weighted by molar-refractivity contribution is 5.89. The van der Waals surface area contributed by atoms with Crippen molar-refractivity contribution >= 4 is 11.9 Å². The number of ether oxygens (including phenoxy) is 2. The number of aromatic nitrogens is 3. The van der Waals surface area contributed by atoms with Crippen LogP contribution in [0.15, 0.2) is 48.8 Å². The number of para-hydroxylation sites is 1. The summed E-state index contributed by atoms with van der Waals surface area (Å²) in [5.74, 6) is 0.223. The number of carbonyl (C=O) groups excluding carboxylic acids is 2. The maximum Gasteiger partial charge on any atom is 0.339 e. The lowest BCUT2D eigenvalue weighted by atomic mass is 10.0. The summed E-state index contributed by atoms with van der Waals surface area (Å²) < 4.78 is 12.4. The minimum absolute atomic E-state index is 0.113. The van der Waals surface area contributed by atoms with E-state index >= 15 is 0 Å². The lowest BCUT2D eigenvalue weighted by Gasteiger charge is -2.13. The summed E-state index contributed by atoms with van der Waals surface area (Å²) >= 11 is 0. The summed E-state index contributed by atoms with van der Waals surface area (Å²) in [5.41, 5.74) is 3.89. The number of benzene rings is 1. The van der Waals surface area contributed by atoms with E-state index in [1.807, 2.05) is 31.2 Å². The van der Waals surface area contributed by atoms with Gasteiger partial charge in [-0.25, -0.2) is 4.79 Å². The number of carbonyl (C=O) groups is 2. The third-order valence-electron chi connectivity index (χ3n) is 4.90. The number of methoxy groups -OCH3 is 1. The van der Waals surface area contributed by atoms with E-state index in [2.05, 4.69) is 15.4 Å². The van der Waals surface area contributed by atoms with E-state index in [1.165, 1.54) is 13.3 Å². The number of esters is 1. The van der Waals surface area contributed by atoms with Gasteiger partial charge in [0.25, 0.3) is 0 Å². The Hall–Kier alpha value is -3.68. The van der Waals surface area contributed by atoms with Crippen LogP contribution in [0.2, 0.25) is 0 Å². The fourth-order valence-electron chi connectivity index (χ4n) is 3.43. The Labute approximate surface area is 173 Å². The lowest BCUT2D eigenvalue weighted by Crippen LogP contribution is -2.36. The molecular formula is C22H22N4O4. The number of nitrogens with zero attached hydrogens (tertiary/aromatic N) is 3. The number of nitrogens with one attached hydrogen (secondary N) is 1. The van der Waals surface area contributed by atoms with E-state index < -0.39 is 5.97 Å². The average Bonchev–Trinajstić information content (AvgIpc) is 3.37. The van der Waals surface area contributed by atoms with Crippen LogP contribution < -0.4 is 10.1 Å². The molecule has 1 aliphatic heterocycles. The van der Waals surface area contributed by atoms with E-state index in [0.29, 0.717) is 24.2 Å². The van der Waals surface area contributed by atoms with Crippen molar-refractivity contribution < 1.29 is 19.1 Å². The summed E-state index contributed by atoms with van der Waals surface area (Å²) in [4.78, 5) is 28.2. The predicted octanol–water partition coefficient (Wildman–Crippen LogP) is 2.16. The van der Waals surface area contributed by atoms with Gasteiger partial charge in [-0.05, 0) is 36.8 Å². The number of hydrogen-bond acceptors (Lipinski definition) is 6. The molecule has 3 heterocycles. The van der Waals surface area contributed by atoms with Crippen LogP contribution in [-0.4, -0.2) is 46.4 Å². The summed E-state index contributed by atoms with van der Waals surface area (Å²) in [5, 5.41) is 7.13. The fraction of sp³-hybridized carbons (Fsp3) is 0.273. The van der Waals surface area contributed by atoms with Crippen molar-refractivity contribution in [1.82, 2.24) is 20.1 Å². The Balaban J connectivity index is 1.41. The first-order valence-electron chi connectivity index (χ1n) is 9.63. The predicted molar refractivity (Wildman–Crippen MR) is 109 cm³/mol. The van der Waals surface area contributed by atoms with Gasteiger partial charge in [-0.15, -0.1) is 0 Å². The van der Waals surface area contributed by atoms with E-state index in [-0.39, 0.29) is 18.6 Å². The third-order valence-corrected chi connectivity index (χ3v) is 4.90. The molecule has 0 saturated heterocycles. The molecule has 0 bridgehead atoms. The van der Waals surface area contributed by atoms with E-state index in [9.17, 15) is 9.59 Å². The lowest BCUT2D eigenvalue weighted by molar-refractivity contribution is -0.122. The minimum Gasteiger partial charge on any atom is -0.487 e. The standard InChI is InChI=1S/C22H22N4O4/c1-14-8-9-26(25-14)13-20(27)24-12-17-10-15-4-3-5-18(21(15)30-17)19-7-6-16(11-23-19)22(28)29-2/h3-9,11,17H,10,12-13H2,1-2H3,(H,24,27). The van der Waals surface area contributed by atoms with Gasteiger partial charge in [0.05, 0.1) is 30.6 Å². The summed E-state index contributed by atoms with van der Waals surface area (Å²) in [6, 6.07) is 11.2. The highest BCUT2D eigenvalue weighted by Crippen LogP contribution is 2.37. The highest BCUT2D eigenvalue weighted by Gasteiger charge is 2.26. The first kappa shape index (κ1) is 19.6. The Morgan fingerprint density at radius 1 is 1.27 bits per heavy atom. The van der Waals surface area contributed by atoms with Crippen molar-refractivity contribution in [1.29, 1.82) is 0 Å². The van der Waals surface area contributed by atoms with Crippen LogP contribution in [0.1, 0.15) is 21.6 Å². The smallest absolute Gasteiger partial charge is 0.339 e. The molecule has 2 aromatic heterocycles. The zero-order valence-electron chi connectivity index (χ0n) is 16.8. The second kappa shape index (κ2) is 8.36. The minimum atomic E-state index is -0.426. The maximum absolute atomic E-state index is 12.2. The topological polar surface area (TPSA) is 95.3 Å². The molecule has 3 aromatic rings. The molecule has 0 saturated carbocycles. The van der Waals surface area contributed by atoms with Gasteiger partial charge in [-0.1, -0.05) is 12.1 Å². The molecule has 30 heavy (non-hydrogen) atoms. The van der Waals surface area contributed by atoms with Gasteiger partial charge in [0.1, 0.15) is 18.4 Å². The largest absolute Gasteiger partial charge is 0.487 e. The Morgan fingerprint density at radius 3 is 2.83 bits per heavy atom. The molecule has 1 aromatic carbocycles. The molecule has 154 valence electrons. The molecule has 0 spiro atoms. The third kappa shape index (κ3) is 4.17. The van der Waals surface area contributed by atoms with Crippen LogP contribution in [0.25, 0.3) is 11.3 Å². The molecule has 8 nitrogen and oxygen atoms in total. The zero-order chi connectivity index (χ0) is 21.1. The van der Waals surface area contributed by atoms with Gasteiger partial charge < -0.3 is 14.8 Å². The monoisotopic (exact) mass is 406 g/mol. The number of amides is 1. The zero-order valence-corrected chi connectivity index (χ0v) is 16.8. The van der Waals surface area contributed by atoms with Crippen molar-refractivity contribution in [2.45, 2.75) is 26.0 Å². The van der Waals surface area contributed by atoms with Crippen molar-refractivity contribution in [3.63, 3.8) is 0 Å². The van der Waals surface area contributed by atoms with Crippen molar-refractivity contribution in [3.05, 3.63) is 65.6 Å². The van der Waals surface area contributed by atoms with Crippen LogP contribution in [0.4, 0.5) is 0 Å². The van der Waals surface area contributed by atoms with Crippen molar-refractivity contribution in [2.24, 2.45) is 0 Å². The molecule has 0 aliphatic carbocycles. The fourth-order valence-corrected chi connectivity index (χ4v) is 3.43. The molecule has 1 atom stereocenters. The van der Waals surface area contributed by atoms with Gasteiger partial charge in [-0.2, -0.15) is 5.10 Å². The van der Waals surface area contributed by atoms with Crippen LogP contribution in [0.3, 0.4) is 0 Å². The van der Waals surface area contributed by atoms with Gasteiger partial charge in [-0.3, -0.25) is 14.5 Å². The van der Waals surface area contributed by atoms with E-state index in [4.69, 9.17) is 9.47 Å². The van der Waals surface area contributed by atoms with Gasteiger partial charge in [0.15, 0.2) is 0 Å².